The van der Waals surface area contributed by atoms with Crippen molar-refractivity contribution >= 4 is 21.6 Å². The molecular weight excluding hydrogens is 341 g/mol. The number of hydrogen-bond donors (Lipinski definition) is 1. The molecule has 7 heteroatoms. The van der Waals surface area contributed by atoms with Crippen molar-refractivity contribution in [2.75, 3.05) is 6.61 Å². The van der Waals surface area contributed by atoms with E-state index in [-0.39, 0.29) is 22.5 Å². The van der Waals surface area contributed by atoms with Crippen LogP contribution >= 0.6 is 11.6 Å². The van der Waals surface area contributed by atoms with Gasteiger partial charge in [-0.2, -0.15) is 0 Å². The molecule has 0 spiro atoms. The van der Waals surface area contributed by atoms with E-state index < -0.39 is 15.4 Å². The minimum atomic E-state index is -3.77. The van der Waals surface area contributed by atoms with Crippen molar-refractivity contribution in [3.8, 4) is 0 Å². The second kappa shape index (κ2) is 5.63. The molecule has 0 saturated heterocycles. The summed E-state index contributed by atoms with van der Waals surface area (Å²) in [5.74, 6) is -0.345. The summed E-state index contributed by atoms with van der Waals surface area (Å²) in [6.07, 6.45) is 1.73. The van der Waals surface area contributed by atoms with Gasteiger partial charge in [-0.15, -0.1) is 0 Å². The highest BCUT2D eigenvalue weighted by molar-refractivity contribution is 7.89. The van der Waals surface area contributed by atoms with E-state index in [1.165, 1.54) is 24.3 Å². The van der Waals surface area contributed by atoms with Crippen LogP contribution in [-0.4, -0.2) is 15.0 Å². The van der Waals surface area contributed by atoms with Crippen LogP contribution in [0.2, 0.25) is 0 Å². The van der Waals surface area contributed by atoms with Gasteiger partial charge < -0.3 is 4.74 Å². The van der Waals surface area contributed by atoms with Gasteiger partial charge in [0.25, 0.3) is 0 Å². The van der Waals surface area contributed by atoms with Gasteiger partial charge in [-0.25, -0.2) is 17.9 Å². The fourth-order valence-electron chi connectivity index (χ4n) is 2.65. The van der Waals surface area contributed by atoms with Crippen molar-refractivity contribution in [2.45, 2.75) is 10.3 Å². The van der Waals surface area contributed by atoms with E-state index in [2.05, 4.69) is 0 Å². The van der Waals surface area contributed by atoms with Gasteiger partial charge in [0, 0.05) is 0 Å². The predicted octanol–water partition coefficient (Wildman–Crippen LogP) is 2.87. The van der Waals surface area contributed by atoms with Crippen LogP contribution in [0.3, 0.4) is 0 Å². The van der Waals surface area contributed by atoms with Crippen LogP contribution in [0, 0.1) is 5.82 Å². The zero-order valence-electron chi connectivity index (χ0n) is 11.9. The molecule has 1 aliphatic heterocycles. The highest BCUT2D eigenvalue weighted by Gasteiger charge is 2.38. The number of sulfonamides is 1. The van der Waals surface area contributed by atoms with E-state index in [9.17, 15) is 12.8 Å². The molecule has 1 aliphatic rings. The highest BCUT2D eigenvalue weighted by Crippen LogP contribution is 2.41. The Hall–Kier alpha value is -1.89. The topological polar surface area (TPSA) is 69.4 Å². The van der Waals surface area contributed by atoms with Gasteiger partial charge in [-0.3, -0.25) is 0 Å². The maximum atomic E-state index is 13.2. The Morgan fingerprint density at radius 2 is 1.57 bits per heavy atom. The summed E-state index contributed by atoms with van der Waals surface area (Å²) in [5, 5.41) is 5.36. The molecule has 0 saturated carbocycles. The molecule has 2 aromatic carbocycles. The number of nitrogens with two attached hydrogens (primary N) is 1. The molecule has 0 radical (unpaired) electrons. The predicted molar refractivity (Wildman–Crippen MR) is 84.9 cm³/mol. The molecule has 2 aromatic rings. The SMILES string of the molecule is NS(=O)(=O)c1ccc(C2(c3ccc(F)cc3)C=C(Cl)OC2)cc1. The van der Waals surface area contributed by atoms with Gasteiger partial charge in [0.1, 0.15) is 12.4 Å². The average molecular weight is 354 g/mol. The molecular formula is C16H13ClFNO3S. The summed E-state index contributed by atoms with van der Waals surface area (Å²) in [6.45, 7) is 0.242. The average Bonchev–Trinajstić information content (AvgIpc) is 2.90. The van der Waals surface area contributed by atoms with Gasteiger partial charge in [0.2, 0.25) is 10.0 Å². The van der Waals surface area contributed by atoms with Crippen LogP contribution in [0.1, 0.15) is 11.1 Å². The standard InChI is InChI=1S/C16H13ClFNO3S/c17-15-9-16(10-22-15,11-1-5-13(18)6-2-11)12-3-7-14(8-4-12)23(19,20)21/h1-9H,10H2,(H2,19,20,21). The van der Waals surface area contributed by atoms with Crippen molar-refractivity contribution in [1.82, 2.24) is 0 Å². The Morgan fingerprint density at radius 3 is 2.00 bits per heavy atom. The quantitative estimate of drug-likeness (QED) is 0.922. The van der Waals surface area contributed by atoms with Crippen molar-refractivity contribution in [1.29, 1.82) is 0 Å². The third-order valence-electron chi connectivity index (χ3n) is 3.85. The highest BCUT2D eigenvalue weighted by atomic mass is 35.5. The molecule has 120 valence electrons. The molecule has 0 fully saturated rings. The lowest BCUT2D eigenvalue weighted by Crippen LogP contribution is -2.27. The third kappa shape index (κ3) is 2.97. The zero-order chi connectivity index (χ0) is 16.7. The minimum absolute atomic E-state index is 0.0181. The molecule has 0 aromatic heterocycles. The first-order valence-electron chi connectivity index (χ1n) is 6.72. The summed E-state index contributed by atoms with van der Waals surface area (Å²) >= 11 is 5.98. The van der Waals surface area contributed by atoms with Crippen LogP contribution in [0.5, 0.6) is 0 Å². The van der Waals surface area contributed by atoms with Crippen molar-refractivity contribution in [3.05, 3.63) is 76.8 Å². The second-order valence-corrected chi connectivity index (χ2v) is 7.22. The second-order valence-electron chi connectivity index (χ2n) is 5.28. The van der Waals surface area contributed by atoms with Gasteiger partial charge in [0.05, 0.1) is 10.3 Å². The molecule has 23 heavy (non-hydrogen) atoms. The van der Waals surface area contributed by atoms with Crippen molar-refractivity contribution < 1.29 is 17.5 Å². The molecule has 2 N–H and O–H groups in total. The Labute approximate surface area is 138 Å². The Bertz CT molecular complexity index is 863. The zero-order valence-corrected chi connectivity index (χ0v) is 13.4. The summed E-state index contributed by atoms with van der Waals surface area (Å²) in [6, 6.07) is 12.2. The van der Waals surface area contributed by atoms with E-state index in [0.29, 0.717) is 0 Å². The first kappa shape index (κ1) is 16.0. The minimum Gasteiger partial charge on any atom is -0.481 e. The van der Waals surface area contributed by atoms with Gasteiger partial charge >= 0.3 is 0 Å². The Kier molecular flexibility index (Phi) is 3.91. The lowest BCUT2D eigenvalue weighted by atomic mass is 9.76. The number of primary sulfonamides is 1. The maximum Gasteiger partial charge on any atom is 0.238 e. The molecule has 0 amide bonds. The third-order valence-corrected chi connectivity index (χ3v) is 5.00. The maximum absolute atomic E-state index is 13.2. The van der Waals surface area contributed by atoms with Crippen LogP contribution in [0.15, 0.2) is 64.7 Å². The summed E-state index contributed by atoms with van der Waals surface area (Å²) in [7, 11) is -3.77. The smallest absolute Gasteiger partial charge is 0.238 e. The fourth-order valence-corrected chi connectivity index (χ4v) is 3.41. The molecule has 1 heterocycles. The Morgan fingerprint density at radius 1 is 1.04 bits per heavy atom. The van der Waals surface area contributed by atoms with E-state index in [1.54, 1.807) is 30.3 Å². The van der Waals surface area contributed by atoms with E-state index in [4.69, 9.17) is 21.5 Å². The Balaban J connectivity index is 2.12. The van der Waals surface area contributed by atoms with Crippen LogP contribution in [0.4, 0.5) is 4.39 Å². The lowest BCUT2D eigenvalue weighted by Gasteiger charge is -2.27. The first-order chi connectivity index (χ1) is 10.8. The van der Waals surface area contributed by atoms with Crippen LogP contribution in [0.25, 0.3) is 0 Å². The molecule has 0 bridgehead atoms. The molecule has 3 rings (SSSR count). The van der Waals surface area contributed by atoms with Crippen LogP contribution < -0.4 is 5.14 Å². The number of hydrogen-bond acceptors (Lipinski definition) is 3. The normalized spacial score (nSPS) is 20.9. The van der Waals surface area contributed by atoms with Crippen molar-refractivity contribution in [2.24, 2.45) is 5.14 Å². The molecule has 4 nitrogen and oxygen atoms in total. The van der Waals surface area contributed by atoms with E-state index in [1.807, 2.05) is 0 Å². The van der Waals surface area contributed by atoms with Gasteiger partial charge in [-0.1, -0.05) is 24.3 Å². The van der Waals surface area contributed by atoms with Crippen LogP contribution in [-0.2, 0) is 20.2 Å². The number of rotatable bonds is 3. The largest absolute Gasteiger partial charge is 0.481 e. The summed E-state index contributed by atoms with van der Waals surface area (Å²) in [5.41, 5.74) is 0.854. The number of ether oxygens (including phenoxy) is 1. The van der Waals surface area contributed by atoms with Gasteiger partial charge in [0.15, 0.2) is 5.22 Å². The molecule has 0 aliphatic carbocycles. The van der Waals surface area contributed by atoms with Crippen molar-refractivity contribution in [3.63, 3.8) is 0 Å². The van der Waals surface area contributed by atoms with E-state index >= 15 is 0 Å². The number of benzene rings is 2. The van der Waals surface area contributed by atoms with E-state index in [0.717, 1.165) is 11.1 Å². The fraction of sp³-hybridized carbons (Fsp3) is 0.125. The lowest BCUT2D eigenvalue weighted by molar-refractivity contribution is 0.234. The molecule has 1 atom stereocenters. The van der Waals surface area contributed by atoms with Gasteiger partial charge in [-0.05, 0) is 53.1 Å². The monoisotopic (exact) mass is 353 g/mol. The summed E-state index contributed by atoms with van der Waals surface area (Å²) < 4.78 is 41.4. The number of halogens is 2. The summed E-state index contributed by atoms with van der Waals surface area (Å²) in [4.78, 5) is 0.0181. The molecule has 1 unspecified atom stereocenters. The first-order valence-corrected chi connectivity index (χ1v) is 8.64.